The van der Waals surface area contributed by atoms with E-state index >= 15 is 0 Å². The van der Waals surface area contributed by atoms with E-state index in [9.17, 15) is 22.4 Å². The van der Waals surface area contributed by atoms with E-state index in [0.29, 0.717) is 16.7 Å². The minimum Gasteiger partial charge on any atom is -0.307 e. The lowest BCUT2D eigenvalue weighted by molar-refractivity contribution is -0.144. The topological polar surface area (TPSA) is 70.2 Å². The summed E-state index contributed by atoms with van der Waals surface area (Å²) in [5.41, 5.74) is 4.46. The molecule has 1 amide bonds. The second-order valence-electron chi connectivity index (χ2n) is 8.08. The van der Waals surface area contributed by atoms with Crippen molar-refractivity contribution in [1.82, 2.24) is 20.7 Å². The van der Waals surface area contributed by atoms with Crippen LogP contribution in [0.5, 0.6) is 0 Å². The lowest BCUT2D eigenvalue weighted by Gasteiger charge is -2.26. The number of rotatable bonds is 5. The van der Waals surface area contributed by atoms with E-state index in [1.807, 2.05) is 0 Å². The zero-order valence-corrected chi connectivity index (χ0v) is 19.1. The molecule has 0 aliphatic carbocycles. The molecule has 0 atom stereocenters. The summed E-state index contributed by atoms with van der Waals surface area (Å²) < 4.78 is 55.5. The number of nitrogens with one attached hydrogen (secondary N) is 2. The van der Waals surface area contributed by atoms with Crippen LogP contribution >= 0.6 is 0 Å². The molecule has 1 aliphatic rings. The Bertz CT molecular complexity index is 1470. The summed E-state index contributed by atoms with van der Waals surface area (Å²) in [4.78, 5) is 20.6. The summed E-state index contributed by atoms with van der Waals surface area (Å²) >= 11 is 0. The molecule has 186 valence electrons. The van der Waals surface area contributed by atoms with E-state index in [4.69, 9.17) is 0 Å². The number of amides is 1. The van der Waals surface area contributed by atoms with Crippen molar-refractivity contribution in [3.8, 4) is 22.4 Å². The zero-order valence-electron chi connectivity index (χ0n) is 19.1. The van der Waals surface area contributed by atoms with Gasteiger partial charge >= 0.3 is 6.18 Å². The molecule has 5 rings (SSSR count). The van der Waals surface area contributed by atoms with Gasteiger partial charge in [0.15, 0.2) is 5.82 Å². The maximum absolute atomic E-state index is 14.0. The van der Waals surface area contributed by atoms with Crippen molar-refractivity contribution >= 4 is 11.7 Å². The van der Waals surface area contributed by atoms with Crippen LogP contribution in [0.15, 0.2) is 96.8 Å². The molecular formula is C27H19F4N5O. The van der Waals surface area contributed by atoms with Crippen molar-refractivity contribution in [2.45, 2.75) is 6.18 Å². The van der Waals surface area contributed by atoms with Crippen LogP contribution in [0.2, 0.25) is 0 Å². The molecule has 0 saturated heterocycles. The first-order chi connectivity index (χ1) is 17.8. The van der Waals surface area contributed by atoms with E-state index in [-0.39, 0.29) is 29.4 Å². The number of benzene rings is 3. The standard InChI is InChI=1S/C27H19F4N5O/c28-20-13-7-12-19(16-20)25(37)33-21-14-15-32-36(21)24-22(17-8-3-1-4-9-17)23(18-10-5-2-6-11-18)34-26(35-24)27(29,30)31/h1-14,16,32H,15H2,(H,33,37). The summed E-state index contributed by atoms with van der Waals surface area (Å²) in [6.45, 7) is 0.207. The van der Waals surface area contributed by atoms with Crippen molar-refractivity contribution in [1.29, 1.82) is 0 Å². The fourth-order valence-corrected chi connectivity index (χ4v) is 3.94. The van der Waals surface area contributed by atoms with E-state index in [1.165, 1.54) is 23.2 Å². The summed E-state index contributed by atoms with van der Waals surface area (Å²) in [5, 5.41) is 3.92. The highest BCUT2D eigenvalue weighted by molar-refractivity contribution is 5.96. The van der Waals surface area contributed by atoms with Crippen molar-refractivity contribution in [3.63, 3.8) is 0 Å². The van der Waals surface area contributed by atoms with Gasteiger partial charge in [0, 0.05) is 17.7 Å². The molecular weight excluding hydrogens is 486 g/mol. The Hall–Kier alpha value is -4.57. The Kier molecular flexibility index (Phi) is 6.41. The minimum absolute atomic E-state index is 0.0553. The Balaban J connectivity index is 1.67. The molecule has 0 spiro atoms. The SMILES string of the molecule is O=C(NC1=CCNN1c1nc(C(F)(F)F)nc(-c2ccccc2)c1-c1ccccc1)c1cccc(F)c1. The van der Waals surface area contributed by atoms with Gasteiger partial charge in [-0.15, -0.1) is 0 Å². The molecule has 4 aromatic rings. The zero-order chi connectivity index (χ0) is 26.0. The second kappa shape index (κ2) is 9.82. The van der Waals surface area contributed by atoms with Crippen molar-refractivity contribution in [3.05, 3.63) is 114 Å². The van der Waals surface area contributed by atoms with Crippen LogP contribution in [-0.2, 0) is 6.18 Å². The predicted molar refractivity (Wildman–Crippen MR) is 130 cm³/mol. The second-order valence-corrected chi connectivity index (χ2v) is 8.08. The summed E-state index contributed by atoms with van der Waals surface area (Å²) in [6, 6.07) is 22.4. The van der Waals surface area contributed by atoms with Crippen molar-refractivity contribution in [2.24, 2.45) is 0 Å². The molecule has 3 aromatic carbocycles. The lowest BCUT2D eigenvalue weighted by Crippen LogP contribution is -2.40. The average Bonchev–Trinajstić information content (AvgIpc) is 3.36. The van der Waals surface area contributed by atoms with Gasteiger partial charge in [-0.2, -0.15) is 13.2 Å². The largest absolute Gasteiger partial charge is 0.451 e. The first-order valence-electron chi connectivity index (χ1n) is 11.2. The number of hydrazine groups is 1. The molecule has 1 aromatic heterocycles. The van der Waals surface area contributed by atoms with E-state index in [2.05, 4.69) is 20.7 Å². The number of alkyl halides is 3. The van der Waals surface area contributed by atoms with Gasteiger partial charge in [0.25, 0.3) is 5.91 Å². The Morgan fingerprint density at radius 1 is 0.892 bits per heavy atom. The summed E-state index contributed by atoms with van der Waals surface area (Å²) in [7, 11) is 0. The first-order valence-corrected chi connectivity index (χ1v) is 11.2. The fourth-order valence-electron chi connectivity index (χ4n) is 3.94. The van der Waals surface area contributed by atoms with E-state index in [1.54, 1.807) is 66.7 Å². The van der Waals surface area contributed by atoms with Gasteiger partial charge in [0.2, 0.25) is 5.82 Å². The number of carbonyl (C=O) groups is 1. The van der Waals surface area contributed by atoms with Crippen LogP contribution in [0.3, 0.4) is 0 Å². The van der Waals surface area contributed by atoms with Gasteiger partial charge in [0.1, 0.15) is 11.6 Å². The van der Waals surface area contributed by atoms with Crippen molar-refractivity contribution < 1.29 is 22.4 Å². The van der Waals surface area contributed by atoms with Crippen LogP contribution in [-0.4, -0.2) is 22.4 Å². The molecule has 1 aliphatic heterocycles. The number of hydrogen-bond acceptors (Lipinski definition) is 5. The van der Waals surface area contributed by atoms with Gasteiger partial charge in [-0.1, -0.05) is 66.7 Å². The number of hydrogen-bond donors (Lipinski definition) is 2. The normalized spacial score (nSPS) is 13.4. The predicted octanol–water partition coefficient (Wildman–Crippen LogP) is 5.56. The molecule has 0 saturated carbocycles. The van der Waals surface area contributed by atoms with Gasteiger partial charge in [-0.05, 0) is 29.8 Å². The number of carbonyl (C=O) groups excluding carboxylic acids is 1. The Labute approximate surface area is 209 Å². The van der Waals surface area contributed by atoms with Crippen LogP contribution in [0.4, 0.5) is 23.4 Å². The quantitative estimate of drug-likeness (QED) is 0.348. The van der Waals surface area contributed by atoms with Gasteiger partial charge in [-0.3, -0.25) is 4.79 Å². The highest BCUT2D eigenvalue weighted by Crippen LogP contribution is 2.41. The number of halogens is 4. The summed E-state index contributed by atoms with van der Waals surface area (Å²) in [6.07, 6.45) is -3.24. The first kappa shape index (κ1) is 24.1. The van der Waals surface area contributed by atoms with Crippen LogP contribution in [0, 0.1) is 5.82 Å². The monoisotopic (exact) mass is 505 g/mol. The van der Waals surface area contributed by atoms with E-state index in [0.717, 1.165) is 6.07 Å². The van der Waals surface area contributed by atoms with Crippen molar-refractivity contribution in [2.75, 3.05) is 11.6 Å². The molecule has 0 radical (unpaired) electrons. The van der Waals surface area contributed by atoms with E-state index < -0.39 is 23.7 Å². The number of aromatic nitrogens is 2. The summed E-state index contributed by atoms with van der Waals surface area (Å²) in [5.74, 6) is -2.50. The number of nitrogens with zero attached hydrogens (tertiary/aromatic N) is 3. The van der Waals surface area contributed by atoms with Gasteiger partial charge < -0.3 is 5.32 Å². The van der Waals surface area contributed by atoms with Crippen LogP contribution < -0.4 is 15.8 Å². The molecule has 10 heteroatoms. The maximum Gasteiger partial charge on any atom is 0.451 e. The smallest absolute Gasteiger partial charge is 0.307 e. The van der Waals surface area contributed by atoms with Gasteiger partial charge in [-0.25, -0.2) is 24.8 Å². The molecule has 0 fully saturated rings. The lowest BCUT2D eigenvalue weighted by atomic mass is 9.99. The molecule has 37 heavy (non-hydrogen) atoms. The highest BCUT2D eigenvalue weighted by Gasteiger charge is 2.38. The molecule has 0 unspecified atom stereocenters. The Morgan fingerprint density at radius 3 is 2.22 bits per heavy atom. The number of anilines is 1. The van der Waals surface area contributed by atoms with Crippen LogP contribution in [0.1, 0.15) is 16.2 Å². The third kappa shape index (κ3) is 5.05. The maximum atomic E-state index is 14.0. The average molecular weight is 505 g/mol. The molecule has 0 bridgehead atoms. The third-order valence-corrected chi connectivity index (χ3v) is 5.58. The van der Waals surface area contributed by atoms with Crippen LogP contribution in [0.25, 0.3) is 22.4 Å². The molecule has 6 nitrogen and oxygen atoms in total. The fraction of sp³-hybridized carbons (Fsp3) is 0.0741. The minimum atomic E-state index is -4.83. The molecule has 2 heterocycles. The Morgan fingerprint density at radius 2 is 1.57 bits per heavy atom. The molecule has 2 N–H and O–H groups in total. The van der Waals surface area contributed by atoms with Gasteiger partial charge in [0.05, 0.1) is 11.3 Å². The third-order valence-electron chi connectivity index (χ3n) is 5.58. The highest BCUT2D eigenvalue weighted by atomic mass is 19.4.